The summed E-state index contributed by atoms with van der Waals surface area (Å²) in [6.07, 6.45) is 0. The van der Waals surface area contributed by atoms with E-state index in [-0.39, 0.29) is 40.6 Å². The Bertz CT molecular complexity index is 74.4. The molecule has 0 unspecified atom stereocenters. The van der Waals surface area contributed by atoms with Gasteiger partial charge in [-0.15, -0.1) is 0 Å². The van der Waals surface area contributed by atoms with Crippen molar-refractivity contribution < 1.29 is 0 Å². The Morgan fingerprint density at radius 1 is 0.700 bits per heavy atom. The summed E-state index contributed by atoms with van der Waals surface area (Å²) in [6, 6.07) is 0. The zero-order valence-electron chi connectivity index (χ0n) is 7.50. The predicted octanol–water partition coefficient (Wildman–Crippen LogP) is 1.52. The van der Waals surface area contributed by atoms with Gasteiger partial charge in [0.25, 0.3) is 0 Å². The van der Waals surface area contributed by atoms with Crippen LogP contribution in [0.3, 0.4) is 0 Å². The van der Waals surface area contributed by atoms with E-state index in [9.17, 15) is 0 Å². The fourth-order valence-corrected chi connectivity index (χ4v) is 1.12. The van der Waals surface area contributed by atoms with Crippen molar-refractivity contribution in [1.29, 1.82) is 0 Å². The van der Waals surface area contributed by atoms with E-state index < -0.39 is 0 Å². The standard InChI is InChI=1S/C8H19N.Na.H/c1-7(2,3)9-8(4,5)6;;/h9H,1-6H3;;. The molecule has 0 radical (unpaired) electrons. The maximum atomic E-state index is 3.46. The summed E-state index contributed by atoms with van der Waals surface area (Å²) in [5.41, 5.74) is 0.469. The summed E-state index contributed by atoms with van der Waals surface area (Å²) in [5, 5.41) is 3.46. The fourth-order valence-electron chi connectivity index (χ4n) is 1.12. The van der Waals surface area contributed by atoms with Gasteiger partial charge in [-0.05, 0) is 41.5 Å². The fraction of sp³-hybridized carbons (Fsp3) is 1.00. The van der Waals surface area contributed by atoms with Crippen molar-refractivity contribution in [2.45, 2.75) is 52.6 Å². The summed E-state index contributed by atoms with van der Waals surface area (Å²) < 4.78 is 0. The summed E-state index contributed by atoms with van der Waals surface area (Å²) >= 11 is 0. The molecule has 10 heavy (non-hydrogen) atoms. The average molecular weight is 153 g/mol. The van der Waals surface area contributed by atoms with Crippen LogP contribution in [0.25, 0.3) is 0 Å². The van der Waals surface area contributed by atoms with Crippen LogP contribution >= 0.6 is 0 Å². The number of nitrogens with one attached hydrogen (secondary N) is 1. The second kappa shape index (κ2) is 4.10. The summed E-state index contributed by atoms with van der Waals surface area (Å²) in [5.74, 6) is 0. The first-order valence-corrected chi connectivity index (χ1v) is 3.50. The molecule has 0 aliphatic heterocycles. The Labute approximate surface area is 87.3 Å². The average Bonchev–Trinajstić information content (AvgIpc) is 1.14. The van der Waals surface area contributed by atoms with E-state index in [2.05, 4.69) is 46.9 Å². The molecule has 0 saturated heterocycles. The van der Waals surface area contributed by atoms with Crippen LogP contribution in [0.15, 0.2) is 0 Å². The summed E-state index contributed by atoms with van der Waals surface area (Å²) in [7, 11) is 0. The molecule has 0 bridgehead atoms. The van der Waals surface area contributed by atoms with Gasteiger partial charge >= 0.3 is 29.6 Å². The third-order valence-electron chi connectivity index (χ3n) is 0.750. The third kappa shape index (κ3) is 11.7. The van der Waals surface area contributed by atoms with Crippen LogP contribution in [0, 0.1) is 0 Å². The van der Waals surface area contributed by atoms with Crippen molar-refractivity contribution >= 4 is 29.6 Å². The molecule has 0 aromatic heterocycles. The van der Waals surface area contributed by atoms with Crippen molar-refractivity contribution in [3.8, 4) is 0 Å². The molecule has 1 N–H and O–H groups in total. The van der Waals surface area contributed by atoms with Crippen LogP contribution in [0.4, 0.5) is 0 Å². The van der Waals surface area contributed by atoms with Gasteiger partial charge in [0.1, 0.15) is 0 Å². The molecule has 0 atom stereocenters. The third-order valence-corrected chi connectivity index (χ3v) is 0.750. The Balaban J connectivity index is 0. The summed E-state index contributed by atoms with van der Waals surface area (Å²) in [6.45, 7) is 13.1. The second-order valence-electron chi connectivity index (χ2n) is 4.62. The minimum atomic E-state index is 0. The predicted molar refractivity (Wildman–Crippen MR) is 49.8 cm³/mol. The molecule has 0 rings (SSSR count). The molecule has 1 nitrogen and oxygen atoms in total. The van der Waals surface area contributed by atoms with Crippen LogP contribution in [-0.2, 0) is 0 Å². The van der Waals surface area contributed by atoms with Crippen LogP contribution in [-0.4, -0.2) is 40.6 Å². The first-order chi connectivity index (χ1) is 3.71. The normalized spacial score (nSPS) is 12.6. The second-order valence-corrected chi connectivity index (χ2v) is 4.62. The Hall–Kier alpha value is 0.960. The molecular weight excluding hydrogens is 133 g/mol. The van der Waals surface area contributed by atoms with E-state index in [1.165, 1.54) is 0 Å². The van der Waals surface area contributed by atoms with E-state index >= 15 is 0 Å². The molecule has 0 spiro atoms. The molecule has 0 amide bonds. The van der Waals surface area contributed by atoms with Crippen LogP contribution < -0.4 is 5.32 Å². The number of hydrogen-bond acceptors (Lipinski definition) is 1. The van der Waals surface area contributed by atoms with Gasteiger partial charge in [-0.25, -0.2) is 0 Å². The van der Waals surface area contributed by atoms with Gasteiger partial charge in [0.2, 0.25) is 0 Å². The van der Waals surface area contributed by atoms with Crippen LogP contribution in [0.2, 0.25) is 0 Å². The van der Waals surface area contributed by atoms with Gasteiger partial charge < -0.3 is 5.32 Å². The first-order valence-electron chi connectivity index (χ1n) is 3.50. The molecule has 0 saturated carbocycles. The van der Waals surface area contributed by atoms with E-state index in [4.69, 9.17) is 0 Å². The first kappa shape index (κ1) is 13.5. The topological polar surface area (TPSA) is 12.0 Å². The molecule has 0 aliphatic carbocycles. The van der Waals surface area contributed by atoms with Gasteiger partial charge in [-0.3, -0.25) is 0 Å². The zero-order valence-corrected chi connectivity index (χ0v) is 7.50. The molecule has 58 valence electrons. The molecule has 0 heterocycles. The van der Waals surface area contributed by atoms with Crippen LogP contribution in [0.5, 0.6) is 0 Å². The summed E-state index contributed by atoms with van der Waals surface area (Å²) in [4.78, 5) is 0. The quantitative estimate of drug-likeness (QED) is 0.520. The Morgan fingerprint density at radius 2 is 0.900 bits per heavy atom. The Morgan fingerprint density at radius 3 is 0.900 bits per heavy atom. The van der Waals surface area contributed by atoms with Gasteiger partial charge in [0.15, 0.2) is 0 Å². The molecule has 2 heteroatoms. The van der Waals surface area contributed by atoms with E-state index in [0.29, 0.717) is 0 Å². The molecule has 0 fully saturated rings. The molecule has 0 aromatic carbocycles. The number of rotatable bonds is 0. The monoisotopic (exact) mass is 153 g/mol. The van der Waals surface area contributed by atoms with Gasteiger partial charge in [-0.2, -0.15) is 0 Å². The van der Waals surface area contributed by atoms with Crippen molar-refractivity contribution in [1.82, 2.24) is 5.32 Å². The molecule has 0 aliphatic rings. The number of hydrogen-bond donors (Lipinski definition) is 1. The van der Waals surface area contributed by atoms with Crippen molar-refractivity contribution in [3.05, 3.63) is 0 Å². The van der Waals surface area contributed by atoms with Crippen molar-refractivity contribution in [2.24, 2.45) is 0 Å². The van der Waals surface area contributed by atoms with Gasteiger partial charge in [0, 0.05) is 11.1 Å². The Kier molecular flexibility index (Phi) is 5.56. The van der Waals surface area contributed by atoms with Crippen molar-refractivity contribution in [3.63, 3.8) is 0 Å². The molecular formula is C8H20NNa. The van der Waals surface area contributed by atoms with E-state index in [1.807, 2.05) is 0 Å². The van der Waals surface area contributed by atoms with E-state index in [0.717, 1.165) is 0 Å². The van der Waals surface area contributed by atoms with E-state index in [1.54, 1.807) is 0 Å². The molecule has 0 aromatic rings. The van der Waals surface area contributed by atoms with Gasteiger partial charge in [0.05, 0.1) is 0 Å². The SMILES string of the molecule is CC(C)(C)NC(C)(C)C.[NaH]. The van der Waals surface area contributed by atoms with Crippen molar-refractivity contribution in [2.75, 3.05) is 0 Å². The minimum absolute atomic E-state index is 0. The maximum absolute atomic E-state index is 3.46. The zero-order chi connectivity index (χ0) is 7.71. The van der Waals surface area contributed by atoms with Gasteiger partial charge in [-0.1, -0.05) is 0 Å². The van der Waals surface area contributed by atoms with Crippen LogP contribution in [0.1, 0.15) is 41.5 Å².